The van der Waals surface area contributed by atoms with E-state index >= 15 is 0 Å². The molecular formula is C22H42O10Ti+2. The molecule has 0 aromatic rings. The van der Waals surface area contributed by atoms with E-state index in [-0.39, 0.29) is 64.5 Å². The van der Waals surface area contributed by atoms with Crippen molar-refractivity contribution in [3.05, 3.63) is 23.7 Å². The summed E-state index contributed by atoms with van der Waals surface area (Å²) in [5.41, 5.74) is 0. The van der Waals surface area contributed by atoms with E-state index in [1.54, 1.807) is 6.92 Å². The molecule has 2 rings (SSSR count). The van der Waals surface area contributed by atoms with E-state index in [0.29, 0.717) is 19.0 Å². The van der Waals surface area contributed by atoms with Crippen LogP contribution in [0.5, 0.6) is 0 Å². The molecule has 0 radical (unpaired) electrons. The minimum Gasteiger partial charge on any atom is -0.597 e. The second kappa shape index (κ2) is 18.3. The summed E-state index contributed by atoms with van der Waals surface area (Å²) in [6.45, 7) is 14.4. The molecule has 0 aromatic carbocycles. The van der Waals surface area contributed by atoms with Gasteiger partial charge >= 0.3 is 5.78 Å². The minimum atomic E-state index is -0.493. The van der Waals surface area contributed by atoms with Crippen LogP contribution in [0.2, 0.25) is 0 Å². The fourth-order valence-electron chi connectivity index (χ4n) is 2.31. The normalized spacial score (nSPS) is 22.8. The van der Waals surface area contributed by atoms with Crippen molar-refractivity contribution >= 4 is 11.6 Å². The molecule has 0 aromatic heterocycles. The van der Waals surface area contributed by atoms with Crippen LogP contribution in [-0.4, -0.2) is 87.0 Å². The van der Waals surface area contributed by atoms with Gasteiger partial charge in [-0.25, -0.2) is 0 Å². The van der Waals surface area contributed by atoms with Crippen molar-refractivity contribution in [1.29, 1.82) is 0 Å². The van der Waals surface area contributed by atoms with Crippen molar-refractivity contribution in [3.8, 4) is 0 Å². The third-order valence-corrected chi connectivity index (χ3v) is 3.38. The molecule has 0 bridgehead atoms. The van der Waals surface area contributed by atoms with Crippen LogP contribution in [0.25, 0.3) is 0 Å². The Balaban J connectivity index is -0.000000363. The molecule has 0 aliphatic carbocycles. The molecule has 0 amide bonds. The molecule has 10 nitrogen and oxygen atoms in total. The number of rotatable bonds is 4. The average molecular weight is 514 g/mol. The monoisotopic (exact) mass is 514 g/mol. The van der Waals surface area contributed by atoms with Crippen molar-refractivity contribution in [2.45, 2.75) is 79.2 Å². The molecule has 6 N–H and O–H groups in total. The van der Waals surface area contributed by atoms with Gasteiger partial charge in [-0.2, -0.15) is 0 Å². The van der Waals surface area contributed by atoms with Crippen LogP contribution in [0.4, 0.5) is 0 Å². The van der Waals surface area contributed by atoms with E-state index in [0.717, 1.165) is 0 Å². The third-order valence-electron chi connectivity index (χ3n) is 3.38. The van der Waals surface area contributed by atoms with Crippen molar-refractivity contribution in [2.75, 3.05) is 26.4 Å². The first-order chi connectivity index (χ1) is 14.5. The van der Waals surface area contributed by atoms with Gasteiger partial charge in [0, 0.05) is 28.6 Å². The molecule has 33 heavy (non-hydrogen) atoms. The van der Waals surface area contributed by atoms with E-state index in [2.05, 4.69) is 0 Å². The third kappa shape index (κ3) is 23.8. The number of ether oxygens (including phenoxy) is 4. The number of carbonyl (C=O) groups is 1. The molecule has 2 heterocycles. The van der Waals surface area contributed by atoms with E-state index < -0.39 is 11.6 Å². The van der Waals surface area contributed by atoms with Crippen LogP contribution < -0.4 is 0 Å². The summed E-state index contributed by atoms with van der Waals surface area (Å²) in [6.07, 6.45) is 2.31. The summed E-state index contributed by atoms with van der Waals surface area (Å²) in [5, 5.41) is 32.3. The van der Waals surface area contributed by atoms with Gasteiger partial charge < -0.3 is 39.4 Å². The van der Waals surface area contributed by atoms with Crippen LogP contribution in [0.15, 0.2) is 23.7 Å². The first kappa shape index (κ1) is 36.5. The maximum absolute atomic E-state index is 10.1. The van der Waals surface area contributed by atoms with Crippen LogP contribution in [0, 0.1) is 0 Å². The first-order valence-corrected chi connectivity index (χ1v) is 10.2. The maximum atomic E-state index is 10.1. The van der Waals surface area contributed by atoms with Gasteiger partial charge in [-0.3, -0.25) is 9.59 Å². The Morgan fingerprint density at radius 2 is 1.30 bits per heavy atom. The van der Waals surface area contributed by atoms with Gasteiger partial charge in [-0.15, -0.1) is 0 Å². The predicted molar refractivity (Wildman–Crippen MR) is 121 cm³/mol. The quantitative estimate of drug-likeness (QED) is 0.220. The van der Waals surface area contributed by atoms with Gasteiger partial charge in [-0.1, -0.05) is 0 Å². The summed E-state index contributed by atoms with van der Waals surface area (Å²) in [5.74, 6) is -0.485. The average Bonchev–Trinajstić information content (AvgIpc) is 3.14. The molecule has 192 valence electrons. The number of carbonyl (C=O) groups excluding carboxylic acids is 2. The molecule has 2 fully saturated rings. The second-order valence-corrected chi connectivity index (χ2v) is 8.13. The molecule has 11 heteroatoms. The van der Waals surface area contributed by atoms with E-state index in [1.165, 1.54) is 32.9 Å². The number of ketones is 2. The Hall–Kier alpha value is -1.11. The molecule has 0 saturated carbocycles. The smallest absolute Gasteiger partial charge is 0.316 e. The van der Waals surface area contributed by atoms with Crippen LogP contribution in [0.3, 0.4) is 0 Å². The Morgan fingerprint density at radius 1 is 0.939 bits per heavy atom. The van der Waals surface area contributed by atoms with E-state index in [9.17, 15) is 4.79 Å². The SMILES string of the molecule is CC(=O)C=C(C)[OH2+].CC(=[OH+])C=C(C)O.CC1(C)OCC(CO)O1.CC1(C)OCC(CO)O1.[Ti]. The van der Waals surface area contributed by atoms with Gasteiger partial charge in [0.15, 0.2) is 17.4 Å². The summed E-state index contributed by atoms with van der Waals surface area (Å²) >= 11 is 0. The summed E-state index contributed by atoms with van der Waals surface area (Å²) in [7, 11) is 0. The molecule has 2 aliphatic heterocycles. The van der Waals surface area contributed by atoms with Crippen LogP contribution >= 0.6 is 0 Å². The molecule has 2 unspecified atom stereocenters. The number of aliphatic hydroxyl groups is 3. The molecular weight excluding hydrogens is 472 g/mol. The fourth-order valence-corrected chi connectivity index (χ4v) is 2.31. The summed E-state index contributed by atoms with van der Waals surface area (Å²) in [6, 6.07) is 0. The van der Waals surface area contributed by atoms with E-state index in [4.69, 9.17) is 44.2 Å². The zero-order valence-electron chi connectivity index (χ0n) is 21.0. The van der Waals surface area contributed by atoms with Gasteiger partial charge in [0.2, 0.25) is 5.76 Å². The zero-order chi connectivity index (χ0) is 25.5. The summed E-state index contributed by atoms with van der Waals surface area (Å²) in [4.78, 5) is 18.5. The second-order valence-electron chi connectivity index (χ2n) is 8.13. The number of allylic oxidation sites excluding steroid dienone is 4. The number of hydrogen-bond acceptors (Lipinski definition) is 8. The summed E-state index contributed by atoms with van der Waals surface area (Å²) < 4.78 is 20.8. The van der Waals surface area contributed by atoms with Gasteiger partial charge in [-0.05, 0) is 41.5 Å². The van der Waals surface area contributed by atoms with Crippen LogP contribution in [0.1, 0.15) is 55.4 Å². The van der Waals surface area contributed by atoms with Crippen molar-refractivity contribution in [2.24, 2.45) is 0 Å². The molecule has 2 atom stereocenters. The minimum absolute atomic E-state index is 0. The van der Waals surface area contributed by atoms with Gasteiger partial charge in [0.05, 0.1) is 51.3 Å². The molecule has 2 saturated heterocycles. The molecule has 2 aliphatic rings. The Kier molecular flexibility index (Phi) is 20.2. The van der Waals surface area contributed by atoms with Crippen LogP contribution in [-0.2, 0) is 45.5 Å². The van der Waals surface area contributed by atoms with Crippen molar-refractivity contribution in [3.63, 3.8) is 0 Å². The maximum Gasteiger partial charge on any atom is 0.316 e. The van der Waals surface area contributed by atoms with Crippen molar-refractivity contribution < 1.29 is 70.7 Å². The number of hydrogen-bond donors (Lipinski definition) is 3. The fraction of sp³-hybridized carbons (Fsp3) is 0.727. The van der Waals surface area contributed by atoms with Gasteiger partial charge in [0.1, 0.15) is 12.2 Å². The molecule has 0 spiro atoms. The number of aliphatic hydroxyl groups excluding tert-OH is 3. The Morgan fingerprint density at radius 3 is 1.36 bits per heavy atom. The topological polar surface area (TPSA) is 159 Å². The zero-order valence-corrected chi connectivity index (χ0v) is 22.5. The largest absolute Gasteiger partial charge is 0.597 e. The van der Waals surface area contributed by atoms with Crippen molar-refractivity contribution in [1.82, 2.24) is 0 Å². The Bertz CT molecular complexity index is 567. The van der Waals surface area contributed by atoms with Gasteiger partial charge in [0.25, 0.3) is 0 Å². The Labute approximate surface area is 211 Å². The van der Waals surface area contributed by atoms with E-state index in [1.807, 2.05) is 27.7 Å². The standard InChI is InChI=1S/2C6H12O3.2C5H8O2.Ti/c2*1-6(2)8-4-5(3-7)9-6;2*1-4(6)3-5(2)7;/h2*5,7H,3-4H2,1-2H3;2*3,6H,1-2H3;/p+2. The predicted octanol–water partition coefficient (Wildman–Crippen LogP) is 1.47. The first-order valence-electron chi connectivity index (χ1n) is 10.2.